The topological polar surface area (TPSA) is 22.1 Å². The number of hydrogen-bond acceptors (Lipinski definition) is 6. The van der Waals surface area contributed by atoms with Crippen LogP contribution in [0.2, 0.25) is 0 Å². The molecular formula is C11H24N4S2. The van der Waals surface area contributed by atoms with Crippen LogP contribution in [0.15, 0.2) is 4.99 Å². The van der Waals surface area contributed by atoms with Gasteiger partial charge in [-0.2, -0.15) is 0 Å². The molecule has 4 nitrogen and oxygen atoms in total. The molecule has 0 fully saturated rings. The maximum Gasteiger partial charge on any atom is 0.172 e. The lowest BCUT2D eigenvalue weighted by atomic mass is 10.2. The van der Waals surface area contributed by atoms with Gasteiger partial charge >= 0.3 is 0 Å². The molecule has 1 heterocycles. The molecular weight excluding hydrogens is 252 g/mol. The molecule has 1 aliphatic heterocycles. The normalized spacial score (nSPS) is 22.1. The van der Waals surface area contributed by atoms with Gasteiger partial charge < -0.3 is 9.80 Å². The third-order valence-corrected chi connectivity index (χ3v) is 5.58. The average Bonchev–Trinajstić information content (AvgIpc) is 2.74. The highest BCUT2D eigenvalue weighted by molar-refractivity contribution is 8.82. The summed E-state index contributed by atoms with van der Waals surface area (Å²) in [5.74, 6) is 0. The Morgan fingerprint density at radius 2 is 1.88 bits per heavy atom. The second-order valence-corrected chi connectivity index (χ2v) is 7.12. The quantitative estimate of drug-likeness (QED) is 0.713. The molecule has 0 N–H and O–H groups in total. The number of nitrogens with zero attached hydrogens (tertiary/aromatic N) is 4. The maximum atomic E-state index is 4.69. The molecule has 100 valence electrons. The minimum atomic E-state index is 0.270. The first-order valence-electron chi connectivity index (χ1n) is 5.87. The number of amidine groups is 1. The van der Waals surface area contributed by atoms with Crippen LogP contribution in [0.5, 0.6) is 0 Å². The first-order valence-corrected chi connectivity index (χ1v) is 8.08. The van der Waals surface area contributed by atoms with Crippen molar-refractivity contribution >= 4 is 26.8 Å². The van der Waals surface area contributed by atoms with Crippen molar-refractivity contribution in [3.8, 4) is 0 Å². The van der Waals surface area contributed by atoms with E-state index in [-0.39, 0.29) is 5.50 Å². The molecule has 0 aromatic carbocycles. The molecule has 0 radical (unpaired) electrons. The fourth-order valence-corrected chi connectivity index (χ4v) is 3.93. The molecule has 2 atom stereocenters. The van der Waals surface area contributed by atoms with Crippen LogP contribution in [0.1, 0.15) is 13.3 Å². The lowest BCUT2D eigenvalue weighted by Crippen LogP contribution is -2.33. The van der Waals surface area contributed by atoms with Crippen LogP contribution in [-0.2, 0) is 0 Å². The van der Waals surface area contributed by atoms with Gasteiger partial charge in [-0.3, -0.25) is 4.90 Å². The van der Waals surface area contributed by atoms with Crippen LogP contribution in [0, 0.1) is 0 Å². The summed E-state index contributed by atoms with van der Waals surface area (Å²) in [6, 6.07) is 0.619. The van der Waals surface area contributed by atoms with E-state index in [0.29, 0.717) is 6.04 Å². The highest BCUT2D eigenvalue weighted by atomic mass is 33.1. The number of hydrogen-bond donors (Lipinski definition) is 0. The molecule has 2 unspecified atom stereocenters. The van der Waals surface area contributed by atoms with Crippen molar-refractivity contribution in [3.63, 3.8) is 0 Å². The zero-order valence-corrected chi connectivity index (χ0v) is 13.3. The van der Waals surface area contributed by atoms with Crippen molar-refractivity contribution in [2.45, 2.75) is 24.9 Å². The average molecular weight is 276 g/mol. The molecule has 0 saturated heterocycles. The van der Waals surface area contributed by atoms with E-state index in [4.69, 9.17) is 4.99 Å². The minimum Gasteiger partial charge on any atom is -0.357 e. The Morgan fingerprint density at radius 1 is 1.24 bits per heavy atom. The lowest BCUT2D eigenvalue weighted by molar-refractivity contribution is 0.244. The molecule has 1 aliphatic rings. The van der Waals surface area contributed by atoms with Gasteiger partial charge in [0.2, 0.25) is 0 Å². The van der Waals surface area contributed by atoms with Crippen LogP contribution in [0.3, 0.4) is 0 Å². The van der Waals surface area contributed by atoms with Crippen molar-refractivity contribution < 1.29 is 0 Å². The molecule has 0 bridgehead atoms. The first-order chi connectivity index (χ1) is 7.91. The summed E-state index contributed by atoms with van der Waals surface area (Å²) in [6.45, 7) is 3.35. The van der Waals surface area contributed by atoms with Crippen molar-refractivity contribution in [1.29, 1.82) is 0 Å². The van der Waals surface area contributed by atoms with Gasteiger partial charge in [-0.15, -0.1) is 0 Å². The van der Waals surface area contributed by atoms with Crippen LogP contribution in [0.25, 0.3) is 0 Å². The van der Waals surface area contributed by atoms with Crippen LogP contribution in [0.4, 0.5) is 0 Å². The second-order valence-electron chi connectivity index (χ2n) is 4.89. The van der Waals surface area contributed by atoms with E-state index in [9.17, 15) is 0 Å². The number of rotatable bonds is 5. The van der Waals surface area contributed by atoms with Crippen molar-refractivity contribution in [2.75, 3.05) is 41.8 Å². The van der Waals surface area contributed by atoms with Crippen LogP contribution < -0.4 is 0 Å². The van der Waals surface area contributed by atoms with Gasteiger partial charge in [0.05, 0.1) is 0 Å². The lowest BCUT2D eigenvalue weighted by Gasteiger charge is -2.25. The van der Waals surface area contributed by atoms with Gasteiger partial charge in [-0.05, 0) is 56.1 Å². The van der Waals surface area contributed by atoms with Crippen LogP contribution >= 0.6 is 21.6 Å². The summed E-state index contributed by atoms with van der Waals surface area (Å²) in [6.07, 6.45) is 1.18. The monoisotopic (exact) mass is 276 g/mol. The predicted octanol–water partition coefficient (Wildman–Crippen LogP) is 1.85. The Balaban J connectivity index is 2.37. The van der Waals surface area contributed by atoms with E-state index in [1.165, 1.54) is 6.42 Å². The third-order valence-electron chi connectivity index (χ3n) is 2.97. The maximum absolute atomic E-state index is 4.69. The van der Waals surface area contributed by atoms with Gasteiger partial charge in [0, 0.05) is 26.7 Å². The SMILES string of the molecule is CC(CCN(C)C1N=C(N(C)C)SS1)N(C)C. The van der Waals surface area contributed by atoms with Gasteiger partial charge in [0.1, 0.15) is 0 Å². The van der Waals surface area contributed by atoms with Gasteiger partial charge in [-0.25, -0.2) is 4.99 Å². The predicted molar refractivity (Wildman–Crippen MR) is 80.5 cm³/mol. The zero-order valence-electron chi connectivity index (χ0n) is 11.7. The Labute approximate surface area is 113 Å². The highest BCUT2D eigenvalue weighted by Crippen LogP contribution is 2.38. The highest BCUT2D eigenvalue weighted by Gasteiger charge is 2.24. The van der Waals surface area contributed by atoms with E-state index in [2.05, 4.69) is 42.8 Å². The van der Waals surface area contributed by atoms with Gasteiger partial charge in [0.25, 0.3) is 0 Å². The van der Waals surface area contributed by atoms with E-state index < -0.39 is 0 Å². The van der Waals surface area contributed by atoms with Gasteiger partial charge in [-0.1, -0.05) is 0 Å². The van der Waals surface area contributed by atoms with E-state index >= 15 is 0 Å². The molecule has 1 rings (SSSR count). The Morgan fingerprint density at radius 3 is 2.35 bits per heavy atom. The molecule has 0 aliphatic carbocycles. The Bertz CT molecular complexity index is 268. The standard InChI is InChI=1S/C11H24N4S2/c1-9(13(2)3)7-8-15(6)11-12-10(14(4)5)16-17-11/h9,11H,7-8H2,1-6H3. The fraction of sp³-hybridized carbons (Fsp3) is 0.909. The summed E-state index contributed by atoms with van der Waals surface area (Å²) in [4.78, 5) is 11.4. The minimum absolute atomic E-state index is 0.270. The molecule has 0 amide bonds. The Kier molecular flexibility index (Phi) is 6.12. The molecule has 6 heteroatoms. The van der Waals surface area contributed by atoms with E-state index in [1.54, 1.807) is 10.8 Å². The van der Waals surface area contributed by atoms with Crippen molar-refractivity contribution in [1.82, 2.24) is 14.7 Å². The van der Waals surface area contributed by atoms with Gasteiger partial charge in [0.15, 0.2) is 10.7 Å². The Hall–Kier alpha value is 0.0900. The summed E-state index contributed by atoms with van der Waals surface area (Å²) in [7, 11) is 14.1. The molecule has 0 saturated carbocycles. The number of aliphatic imine (C=N–C) groups is 1. The largest absolute Gasteiger partial charge is 0.357 e. The van der Waals surface area contributed by atoms with E-state index in [0.717, 1.165) is 11.7 Å². The second kappa shape index (κ2) is 6.87. The van der Waals surface area contributed by atoms with Crippen molar-refractivity contribution in [2.24, 2.45) is 4.99 Å². The first kappa shape index (κ1) is 15.1. The fourth-order valence-electron chi connectivity index (χ4n) is 1.34. The smallest absolute Gasteiger partial charge is 0.172 e. The summed E-state index contributed by atoms with van der Waals surface area (Å²) in [5, 5.41) is 1.12. The molecule has 0 spiro atoms. The summed E-state index contributed by atoms with van der Waals surface area (Å²) in [5.41, 5.74) is 0.270. The zero-order chi connectivity index (χ0) is 13.0. The van der Waals surface area contributed by atoms with E-state index in [1.807, 2.05) is 24.9 Å². The third kappa shape index (κ3) is 4.69. The summed E-state index contributed by atoms with van der Waals surface area (Å²) >= 11 is 0. The molecule has 0 aromatic heterocycles. The van der Waals surface area contributed by atoms with Crippen LogP contribution in [-0.4, -0.2) is 73.2 Å². The summed E-state index contributed by atoms with van der Waals surface area (Å²) < 4.78 is 0. The molecule has 0 aromatic rings. The molecule has 17 heavy (non-hydrogen) atoms. The van der Waals surface area contributed by atoms with Crippen molar-refractivity contribution in [3.05, 3.63) is 0 Å².